The predicted molar refractivity (Wildman–Crippen MR) is 95.9 cm³/mol. The summed E-state index contributed by atoms with van der Waals surface area (Å²) in [6.45, 7) is 9.84. The van der Waals surface area contributed by atoms with E-state index in [1.165, 1.54) is 12.8 Å². The van der Waals surface area contributed by atoms with Crippen LogP contribution in [0.3, 0.4) is 0 Å². The van der Waals surface area contributed by atoms with Gasteiger partial charge in [0.2, 0.25) is 5.91 Å². The van der Waals surface area contributed by atoms with Crippen LogP contribution in [-0.4, -0.2) is 78.5 Å². The zero-order valence-electron chi connectivity index (χ0n) is 15.8. The fourth-order valence-electron chi connectivity index (χ4n) is 3.43. The summed E-state index contributed by atoms with van der Waals surface area (Å²) < 4.78 is 0. The molecule has 1 N–H and O–H groups in total. The molecule has 0 aromatic rings. The maximum atomic E-state index is 12.5. The highest BCUT2D eigenvalue weighted by atomic mass is 16.2. The summed E-state index contributed by atoms with van der Waals surface area (Å²) in [5, 5.41) is 3.07. The second kappa shape index (κ2) is 8.70. The number of nitrogens with zero attached hydrogens (tertiary/aromatic N) is 3. The summed E-state index contributed by atoms with van der Waals surface area (Å²) in [5.41, 5.74) is 0. The van der Waals surface area contributed by atoms with Crippen LogP contribution in [0.4, 0.5) is 4.79 Å². The van der Waals surface area contributed by atoms with E-state index in [4.69, 9.17) is 0 Å². The number of nitrogens with one attached hydrogen (secondary N) is 1. The molecule has 1 saturated carbocycles. The van der Waals surface area contributed by atoms with Crippen LogP contribution < -0.4 is 5.32 Å². The number of piperidine rings is 1. The highest BCUT2D eigenvalue weighted by Crippen LogP contribution is 2.24. The average Bonchev–Trinajstić information content (AvgIpc) is 3.40. The van der Waals surface area contributed by atoms with Crippen molar-refractivity contribution in [2.75, 3.05) is 39.8 Å². The van der Waals surface area contributed by atoms with Crippen molar-refractivity contribution in [3.8, 4) is 0 Å². The molecule has 0 radical (unpaired) electrons. The molecule has 0 aromatic carbocycles. The van der Waals surface area contributed by atoms with Gasteiger partial charge in [-0.25, -0.2) is 4.79 Å². The Morgan fingerprint density at radius 1 is 1.17 bits per heavy atom. The molecule has 1 saturated heterocycles. The Morgan fingerprint density at radius 3 is 2.29 bits per heavy atom. The minimum absolute atomic E-state index is 0.0504. The van der Waals surface area contributed by atoms with Gasteiger partial charge in [-0.1, -0.05) is 0 Å². The molecule has 2 fully saturated rings. The number of carbonyl (C=O) groups is 2. The third-order valence-electron chi connectivity index (χ3n) is 5.28. The Hall–Kier alpha value is -1.30. The van der Waals surface area contributed by atoms with Crippen LogP contribution >= 0.6 is 0 Å². The van der Waals surface area contributed by atoms with E-state index in [9.17, 15) is 9.59 Å². The van der Waals surface area contributed by atoms with Crippen LogP contribution in [0, 0.1) is 5.92 Å². The van der Waals surface area contributed by atoms with E-state index in [-0.39, 0.29) is 23.9 Å². The number of rotatable bonds is 7. The topological polar surface area (TPSA) is 55.9 Å². The first-order valence-corrected chi connectivity index (χ1v) is 9.47. The van der Waals surface area contributed by atoms with Gasteiger partial charge in [-0.3, -0.25) is 4.79 Å². The van der Waals surface area contributed by atoms with Gasteiger partial charge >= 0.3 is 6.03 Å². The first-order chi connectivity index (χ1) is 11.4. The van der Waals surface area contributed by atoms with E-state index in [0.717, 1.165) is 38.5 Å². The van der Waals surface area contributed by atoms with Gasteiger partial charge in [0, 0.05) is 50.7 Å². The van der Waals surface area contributed by atoms with Crippen molar-refractivity contribution in [2.45, 2.75) is 58.5 Å². The number of hydrogen-bond donors (Lipinski definition) is 1. The van der Waals surface area contributed by atoms with Crippen LogP contribution in [0.5, 0.6) is 0 Å². The molecule has 1 aliphatic carbocycles. The summed E-state index contributed by atoms with van der Waals surface area (Å²) in [7, 11) is 2.13. The van der Waals surface area contributed by atoms with Crippen molar-refractivity contribution in [3.05, 3.63) is 0 Å². The maximum absolute atomic E-state index is 12.5. The van der Waals surface area contributed by atoms with E-state index >= 15 is 0 Å². The van der Waals surface area contributed by atoms with Crippen LogP contribution in [0.15, 0.2) is 0 Å². The molecule has 0 spiro atoms. The molecule has 0 atom stereocenters. The van der Waals surface area contributed by atoms with Gasteiger partial charge in [-0.15, -0.1) is 0 Å². The Bertz CT molecular complexity index is 429. The van der Waals surface area contributed by atoms with Gasteiger partial charge in [0.1, 0.15) is 0 Å². The lowest BCUT2D eigenvalue weighted by molar-refractivity contribution is -0.126. The number of carbonyl (C=O) groups excluding carboxylic acids is 2. The van der Waals surface area contributed by atoms with Crippen LogP contribution in [0.25, 0.3) is 0 Å². The Morgan fingerprint density at radius 2 is 1.79 bits per heavy atom. The second-order valence-electron chi connectivity index (χ2n) is 7.43. The van der Waals surface area contributed by atoms with Gasteiger partial charge in [-0.2, -0.15) is 0 Å². The zero-order chi connectivity index (χ0) is 17.7. The molecular formula is C18H34N4O2. The van der Waals surface area contributed by atoms with Crippen molar-refractivity contribution in [1.29, 1.82) is 0 Å². The molecule has 0 unspecified atom stereocenters. The monoisotopic (exact) mass is 338 g/mol. The van der Waals surface area contributed by atoms with Gasteiger partial charge in [0.15, 0.2) is 0 Å². The summed E-state index contributed by atoms with van der Waals surface area (Å²) in [6.07, 6.45) is 4.13. The quantitative estimate of drug-likeness (QED) is 0.769. The van der Waals surface area contributed by atoms with Crippen molar-refractivity contribution >= 4 is 11.9 Å². The molecule has 6 heteroatoms. The molecule has 138 valence electrons. The predicted octanol–water partition coefficient (Wildman–Crippen LogP) is 1.76. The van der Waals surface area contributed by atoms with Crippen LogP contribution in [0.2, 0.25) is 0 Å². The van der Waals surface area contributed by atoms with Crippen molar-refractivity contribution < 1.29 is 9.59 Å². The van der Waals surface area contributed by atoms with Crippen molar-refractivity contribution in [2.24, 2.45) is 5.92 Å². The van der Waals surface area contributed by atoms with Crippen molar-refractivity contribution in [1.82, 2.24) is 20.0 Å². The largest absolute Gasteiger partial charge is 0.355 e. The second-order valence-corrected chi connectivity index (χ2v) is 7.43. The van der Waals surface area contributed by atoms with Gasteiger partial charge in [0.05, 0.1) is 0 Å². The minimum Gasteiger partial charge on any atom is -0.355 e. The first kappa shape index (κ1) is 19.0. The third kappa shape index (κ3) is 5.10. The summed E-state index contributed by atoms with van der Waals surface area (Å²) >= 11 is 0. The molecular weight excluding hydrogens is 304 g/mol. The number of urea groups is 1. The lowest BCUT2D eigenvalue weighted by atomic mass is 9.96. The smallest absolute Gasteiger partial charge is 0.320 e. The van der Waals surface area contributed by atoms with Crippen LogP contribution in [-0.2, 0) is 4.79 Å². The first-order valence-electron chi connectivity index (χ1n) is 9.47. The molecule has 0 bridgehead atoms. The third-order valence-corrected chi connectivity index (χ3v) is 5.28. The highest BCUT2D eigenvalue weighted by molar-refractivity contribution is 5.79. The maximum Gasteiger partial charge on any atom is 0.320 e. The van der Waals surface area contributed by atoms with Gasteiger partial charge in [0.25, 0.3) is 0 Å². The molecule has 1 heterocycles. The standard InChI is InChI=1S/C18H34N4O2/c1-5-22(14(2)3)18(24)21-11-8-15(9-12-21)17(23)19-10-13-20(4)16-6-7-16/h14-16H,5-13H2,1-4H3,(H,19,23). The Kier molecular flexibility index (Phi) is 6.90. The number of amides is 3. The van der Waals surface area contributed by atoms with E-state index in [2.05, 4.69) is 17.3 Å². The van der Waals surface area contributed by atoms with E-state index in [1.54, 1.807) is 0 Å². The molecule has 2 rings (SSSR count). The fourth-order valence-corrected chi connectivity index (χ4v) is 3.43. The summed E-state index contributed by atoms with van der Waals surface area (Å²) in [4.78, 5) is 30.9. The molecule has 2 aliphatic rings. The fraction of sp³-hybridized carbons (Fsp3) is 0.889. The molecule has 3 amide bonds. The lowest BCUT2D eigenvalue weighted by Gasteiger charge is -2.36. The summed E-state index contributed by atoms with van der Waals surface area (Å²) in [6, 6.07) is 1.06. The Balaban J connectivity index is 1.69. The lowest BCUT2D eigenvalue weighted by Crippen LogP contribution is -2.50. The van der Waals surface area contributed by atoms with Crippen LogP contribution in [0.1, 0.15) is 46.5 Å². The number of likely N-dealkylation sites (N-methyl/N-ethyl adjacent to an activating group) is 1. The summed E-state index contributed by atoms with van der Waals surface area (Å²) in [5.74, 6) is 0.205. The van der Waals surface area contributed by atoms with E-state index < -0.39 is 0 Å². The normalized spacial score (nSPS) is 19.0. The van der Waals surface area contributed by atoms with E-state index in [0.29, 0.717) is 13.1 Å². The number of likely N-dealkylation sites (tertiary alicyclic amines) is 1. The molecule has 24 heavy (non-hydrogen) atoms. The minimum atomic E-state index is 0.0504. The van der Waals surface area contributed by atoms with Crippen molar-refractivity contribution in [3.63, 3.8) is 0 Å². The SMILES string of the molecule is CCN(C(=O)N1CCC(C(=O)NCCN(C)C2CC2)CC1)C(C)C. The Labute approximate surface area is 146 Å². The molecule has 0 aromatic heterocycles. The average molecular weight is 338 g/mol. The molecule has 6 nitrogen and oxygen atoms in total. The van der Waals surface area contributed by atoms with Gasteiger partial charge < -0.3 is 20.0 Å². The molecule has 1 aliphatic heterocycles. The number of hydrogen-bond acceptors (Lipinski definition) is 3. The van der Waals surface area contributed by atoms with E-state index in [1.807, 2.05) is 30.6 Å². The highest BCUT2D eigenvalue weighted by Gasteiger charge is 2.30. The zero-order valence-corrected chi connectivity index (χ0v) is 15.8. The van der Waals surface area contributed by atoms with Gasteiger partial charge in [-0.05, 0) is 53.5 Å².